The van der Waals surface area contributed by atoms with Gasteiger partial charge < -0.3 is 15.8 Å². The average molecular weight is 298 g/mol. The number of amides is 1. The number of rotatable bonds is 6. The standard InChI is InChI=1S/C11H12BrN3O2/c12-9-2-1-8(6-13)10(5-9)15-3-4-17-7-11(14)16/h1-2,5,15H,3-4,7H2,(H2,14,16). The van der Waals surface area contributed by atoms with Crippen LogP contribution in [0.15, 0.2) is 22.7 Å². The first-order valence-electron chi connectivity index (χ1n) is 4.93. The van der Waals surface area contributed by atoms with Crippen molar-refractivity contribution in [3.05, 3.63) is 28.2 Å². The number of nitrogens with two attached hydrogens (primary N) is 1. The predicted octanol–water partition coefficient (Wildman–Crippen LogP) is 1.23. The van der Waals surface area contributed by atoms with Gasteiger partial charge in [0.25, 0.3) is 0 Å². The SMILES string of the molecule is N#Cc1ccc(Br)cc1NCCOCC(N)=O. The second kappa shape index (κ2) is 6.89. The van der Waals surface area contributed by atoms with E-state index in [4.69, 9.17) is 15.7 Å². The van der Waals surface area contributed by atoms with Gasteiger partial charge >= 0.3 is 0 Å². The van der Waals surface area contributed by atoms with Crippen molar-refractivity contribution >= 4 is 27.5 Å². The molecule has 3 N–H and O–H groups in total. The number of hydrogen-bond donors (Lipinski definition) is 2. The van der Waals surface area contributed by atoms with Crippen LogP contribution in [0.5, 0.6) is 0 Å². The van der Waals surface area contributed by atoms with Gasteiger partial charge in [0.2, 0.25) is 5.91 Å². The van der Waals surface area contributed by atoms with E-state index in [2.05, 4.69) is 27.3 Å². The van der Waals surface area contributed by atoms with E-state index in [-0.39, 0.29) is 6.61 Å². The lowest BCUT2D eigenvalue weighted by Crippen LogP contribution is -2.20. The van der Waals surface area contributed by atoms with Gasteiger partial charge in [-0.3, -0.25) is 4.79 Å². The molecule has 1 aromatic carbocycles. The molecule has 0 radical (unpaired) electrons. The lowest BCUT2D eigenvalue weighted by molar-refractivity contribution is -0.122. The lowest BCUT2D eigenvalue weighted by atomic mass is 10.2. The van der Waals surface area contributed by atoms with Gasteiger partial charge in [0.05, 0.1) is 17.9 Å². The zero-order valence-corrected chi connectivity index (χ0v) is 10.7. The van der Waals surface area contributed by atoms with Crippen LogP contribution in [0.4, 0.5) is 5.69 Å². The van der Waals surface area contributed by atoms with Crippen LogP contribution < -0.4 is 11.1 Å². The maximum atomic E-state index is 10.4. The third-order valence-electron chi connectivity index (χ3n) is 1.91. The summed E-state index contributed by atoms with van der Waals surface area (Å²) < 4.78 is 5.88. The van der Waals surface area contributed by atoms with Crippen LogP contribution in [0.2, 0.25) is 0 Å². The van der Waals surface area contributed by atoms with Crippen LogP contribution in [-0.4, -0.2) is 25.7 Å². The Kier molecular flexibility index (Phi) is 5.46. The number of primary amides is 1. The molecule has 6 heteroatoms. The molecule has 1 aromatic rings. The van der Waals surface area contributed by atoms with Crippen molar-refractivity contribution in [3.63, 3.8) is 0 Å². The minimum atomic E-state index is -0.495. The maximum Gasteiger partial charge on any atom is 0.243 e. The number of ether oxygens (including phenoxy) is 1. The Morgan fingerprint density at radius 1 is 1.59 bits per heavy atom. The van der Waals surface area contributed by atoms with Crippen LogP contribution >= 0.6 is 15.9 Å². The highest BCUT2D eigenvalue weighted by Crippen LogP contribution is 2.20. The fourth-order valence-corrected chi connectivity index (χ4v) is 1.55. The fraction of sp³-hybridized carbons (Fsp3) is 0.273. The van der Waals surface area contributed by atoms with Crippen molar-refractivity contribution in [2.24, 2.45) is 5.73 Å². The number of hydrogen-bond acceptors (Lipinski definition) is 4. The van der Waals surface area contributed by atoms with Gasteiger partial charge in [-0.2, -0.15) is 5.26 Å². The molecule has 0 aliphatic carbocycles. The summed E-state index contributed by atoms with van der Waals surface area (Å²) in [5.41, 5.74) is 6.20. The van der Waals surface area contributed by atoms with E-state index in [9.17, 15) is 4.79 Å². The Hall–Kier alpha value is -1.58. The van der Waals surface area contributed by atoms with Crippen molar-refractivity contribution in [1.29, 1.82) is 5.26 Å². The first-order chi connectivity index (χ1) is 8.13. The molecule has 1 rings (SSSR count). The maximum absolute atomic E-state index is 10.4. The highest BCUT2D eigenvalue weighted by molar-refractivity contribution is 9.10. The van der Waals surface area contributed by atoms with Crippen molar-refractivity contribution in [2.75, 3.05) is 25.1 Å². The smallest absolute Gasteiger partial charge is 0.243 e. The summed E-state index contributed by atoms with van der Waals surface area (Å²) >= 11 is 3.33. The second-order valence-corrected chi connectivity index (χ2v) is 4.16. The monoisotopic (exact) mass is 297 g/mol. The van der Waals surface area contributed by atoms with Crippen LogP contribution in [0, 0.1) is 11.3 Å². The van der Waals surface area contributed by atoms with Crippen molar-refractivity contribution in [3.8, 4) is 6.07 Å². The van der Waals surface area contributed by atoms with E-state index in [1.54, 1.807) is 12.1 Å². The number of nitriles is 1. The molecule has 90 valence electrons. The Bertz CT molecular complexity index is 443. The predicted molar refractivity (Wildman–Crippen MR) is 67.4 cm³/mol. The molecule has 0 bridgehead atoms. The molecule has 0 atom stereocenters. The topological polar surface area (TPSA) is 88.1 Å². The quantitative estimate of drug-likeness (QED) is 0.773. The summed E-state index contributed by atoms with van der Waals surface area (Å²) in [6.45, 7) is 0.754. The van der Waals surface area contributed by atoms with Crippen molar-refractivity contribution in [2.45, 2.75) is 0 Å². The second-order valence-electron chi connectivity index (χ2n) is 3.25. The lowest BCUT2D eigenvalue weighted by Gasteiger charge is -2.08. The molecule has 1 amide bonds. The van der Waals surface area contributed by atoms with Crippen LogP contribution in [0.3, 0.4) is 0 Å². The molecule has 0 saturated heterocycles. The van der Waals surface area contributed by atoms with Gasteiger partial charge in [-0.25, -0.2) is 0 Å². The molecule has 0 spiro atoms. The molecule has 0 aliphatic rings. The van der Waals surface area contributed by atoms with E-state index >= 15 is 0 Å². The summed E-state index contributed by atoms with van der Waals surface area (Å²) in [5, 5.41) is 11.9. The zero-order chi connectivity index (χ0) is 12.7. The molecular formula is C11H12BrN3O2. The van der Waals surface area contributed by atoms with E-state index in [0.29, 0.717) is 18.7 Å². The third kappa shape index (κ3) is 4.85. The molecular weight excluding hydrogens is 286 g/mol. The summed E-state index contributed by atoms with van der Waals surface area (Å²) in [7, 11) is 0. The third-order valence-corrected chi connectivity index (χ3v) is 2.40. The number of carbonyl (C=O) groups is 1. The summed E-state index contributed by atoms with van der Waals surface area (Å²) in [6, 6.07) is 7.41. The number of benzene rings is 1. The summed E-state index contributed by atoms with van der Waals surface area (Å²) in [5.74, 6) is -0.495. The molecule has 0 aromatic heterocycles. The molecule has 0 fully saturated rings. The number of carbonyl (C=O) groups excluding carboxylic acids is 1. The van der Waals surface area contributed by atoms with E-state index in [0.717, 1.165) is 10.2 Å². The van der Waals surface area contributed by atoms with Crippen molar-refractivity contribution < 1.29 is 9.53 Å². The minimum absolute atomic E-state index is 0.0920. The number of halogens is 1. The summed E-state index contributed by atoms with van der Waals surface area (Å²) in [4.78, 5) is 10.4. The fourth-order valence-electron chi connectivity index (χ4n) is 1.19. The normalized spacial score (nSPS) is 9.65. The summed E-state index contributed by atoms with van der Waals surface area (Å²) in [6.07, 6.45) is 0. The first-order valence-corrected chi connectivity index (χ1v) is 5.72. The molecule has 0 heterocycles. The van der Waals surface area contributed by atoms with Gasteiger partial charge in [0.15, 0.2) is 0 Å². The molecule has 0 unspecified atom stereocenters. The van der Waals surface area contributed by atoms with Gasteiger partial charge in [-0.1, -0.05) is 15.9 Å². The first kappa shape index (κ1) is 13.5. The van der Waals surface area contributed by atoms with E-state index < -0.39 is 5.91 Å². The molecule has 0 aliphatic heterocycles. The van der Waals surface area contributed by atoms with Gasteiger partial charge in [-0.15, -0.1) is 0 Å². The Labute approximate surface area is 108 Å². The highest BCUT2D eigenvalue weighted by atomic mass is 79.9. The van der Waals surface area contributed by atoms with E-state index in [1.165, 1.54) is 0 Å². The Morgan fingerprint density at radius 3 is 3.00 bits per heavy atom. The van der Waals surface area contributed by atoms with Crippen LogP contribution in [-0.2, 0) is 9.53 Å². The van der Waals surface area contributed by atoms with Crippen LogP contribution in [0.25, 0.3) is 0 Å². The minimum Gasteiger partial charge on any atom is -0.382 e. The van der Waals surface area contributed by atoms with Gasteiger partial charge in [0.1, 0.15) is 12.7 Å². The number of nitrogens with zero attached hydrogens (tertiary/aromatic N) is 1. The number of anilines is 1. The number of nitrogens with one attached hydrogen (secondary N) is 1. The van der Waals surface area contributed by atoms with Crippen molar-refractivity contribution in [1.82, 2.24) is 0 Å². The zero-order valence-electron chi connectivity index (χ0n) is 9.07. The highest BCUT2D eigenvalue weighted by Gasteiger charge is 2.02. The Balaban J connectivity index is 2.43. The molecule has 0 saturated carbocycles. The van der Waals surface area contributed by atoms with Crippen LogP contribution in [0.1, 0.15) is 5.56 Å². The largest absolute Gasteiger partial charge is 0.382 e. The molecule has 17 heavy (non-hydrogen) atoms. The molecule has 5 nitrogen and oxygen atoms in total. The van der Waals surface area contributed by atoms with Gasteiger partial charge in [0, 0.05) is 11.0 Å². The average Bonchev–Trinajstić information content (AvgIpc) is 2.28. The van der Waals surface area contributed by atoms with E-state index in [1.807, 2.05) is 6.07 Å². The Morgan fingerprint density at radius 2 is 2.35 bits per heavy atom. The van der Waals surface area contributed by atoms with Gasteiger partial charge in [-0.05, 0) is 18.2 Å².